The van der Waals surface area contributed by atoms with E-state index >= 15 is 0 Å². The van der Waals surface area contributed by atoms with E-state index < -0.39 is 22.5 Å². The molecule has 0 aliphatic rings. The Balaban J connectivity index is 1.67. The number of anilines is 2. The third-order valence-electron chi connectivity index (χ3n) is 5.48. The lowest BCUT2D eigenvalue weighted by atomic mass is 10.3. The molecule has 12 heteroatoms. The van der Waals surface area contributed by atoms with E-state index in [0.717, 1.165) is 9.01 Å². The molecular weight excluding hydrogens is 490 g/mol. The molecule has 10 nitrogen and oxygen atoms in total. The molecule has 184 valence electrons. The molecule has 0 aliphatic carbocycles. The van der Waals surface area contributed by atoms with Gasteiger partial charge in [0.1, 0.15) is 22.9 Å². The zero-order valence-corrected chi connectivity index (χ0v) is 21.5. The lowest BCUT2D eigenvalue weighted by Gasteiger charge is -2.24. The van der Waals surface area contributed by atoms with Gasteiger partial charge in [0.2, 0.25) is 5.91 Å². The van der Waals surface area contributed by atoms with Crippen molar-refractivity contribution < 1.29 is 22.7 Å². The first-order valence-corrected chi connectivity index (χ1v) is 12.8. The molecular formula is C23H25N5O5S2. The minimum absolute atomic E-state index is 0.0655. The quantitative estimate of drug-likeness (QED) is 0.382. The van der Waals surface area contributed by atoms with Crippen LogP contribution in [0.5, 0.6) is 11.5 Å². The van der Waals surface area contributed by atoms with Crippen LogP contribution in [0.1, 0.15) is 11.4 Å². The molecule has 1 N–H and O–H groups in total. The zero-order valence-electron chi connectivity index (χ0n) is 19.9. The molecule has 0 fully saturated rings. The summed E-state index contributed by atoms with van der Waals surface area (Å²) in [5.74, 6) is 0.710. The van der Waals surface area contributed by atoms with E-state index in [9.17, 15) is 13.2 Å². The molecule has 2 aromatic carbocycles. The number of ether oxygens (including phenoxy) is 2. The van der Waals surface area contributed by atoms with Gasteiger partial charge in [-0.3, -0.25) is 13.8 Å². The number of hydrogen-bond acceptors (Lipinski definition) is 8. The van der Waals surface area contributed by atoms with Crippen LogP contribution in [-0.2, 0) is 21.9 Å². The highest BCUT2D eigenvalue weighted by Crippen LogP contribution is 2.31. The molecule has 0 radical (unpaired) electrons. The molecule has 0 saturated heterocycles. The summed E-state index contributed by atoms with van der Waals surface area (Å²) >= 11 is 1.27. The van der Waals surface area contributed by atoms with Crippen LogP contribution in [0, 0.1) is 13.8 Å². The average molecular weight is 516 g/mol. The standard InChI is InChI=1S/C23H25N5O5S2/c1-14-22(15(2)27(3)26-14)35(30,31)28(16-6-8-17(32-4)9-7-16)13-21(29)25-23-24-19-11-10-18(33-5)12-20(19)34-23/h6-12H,13H2,1-5H3,(H,24,25,29). The molecule has 0 spiro atoms. The number of hydrogen-bond donors (Lipinski definition) is 1. The summed E-state index contributed by atoms with van der Waals surface area (Å²) in [4.78, 5) is 17.5. The van der Waals surface area contributed by atoms with Gasteiger partial charge >= 0.3 is 0 Å². The molecule has 2 heterocycles. The van der Waals surface area contributed by atoms with Crippen molar-refractivity contribution >= 4 is 48.3 Å². The number of aryl methyl sites for hydroxylation is 2. The van der Waals surface area contributed by atoms with Crippen LogP contribution < -0.4 is 19.1 Å². The van der Waals surface area contributed by atoms with Gasteiger partial charge in [-0.15, -0.1) is 0 Å². The number of sulfonamides is 1. The van der Waals surface area contributed by atoms with Gasteiger partial charge in [0.05, 0.1) is 41.5 Å². The van der Waals surface area contributed by atoms with Crippen LogP contribution in [0.25, 0.3) is 10.2 Å². The van der Waals surface area contributed by atoms with Crippen molar-refractivity contribution in [2.24, 2.45) is 7.05 Å². The van der Waals surface area contributed by atoms with Crippen LogP contribution >= 0.6 is 11.3 Å². The van der Waals surface area contributed by atoms with Gasteiger partial charge in [-0.05, 0) is 56.3 Å². The second-order valence-electron chi connectivity index (χ2n) is 7.73. The van der Waals surface area contributed by atoms with E-state index in [1.807, 2.05) is 6.07 Å². The van der Waals surface area contributed by atoms with Crippen LogP contribution in [0.4, 0.5) is 10.8 Å². The smallest absolute Gasteiger partial charge is 0.268 e. The number of rotatable bonds is 8. The van der Waals surface area contributed by atoms with Crippen LogP contribution in [0.2, 0.25) is 0 Å². The fourth-order valence-corrected chi connectivity index (χ4v) is 6.41. The fourth-order valence-electron chi connectivity index (χ4n) is 3.68. The largest absolute Gasteiger partial charge is 0.497 e. The highest BCUT2D eigenvalue weighted by atomic mass is 32.2. The third-order valence-corrected chi connectivity index (χ3v) is 8.44. The van der Waals surface area contributed by atoms with Gasteiger partial charge < -0.3 is 14.8 Å². The molecule has 4 aromatic rings. The first-order chi connectivity index (χ1) is 16.6. The molecule has 35 heavy (non-hydrogen) atoms. The van der Waals surface area contributed by atoms with Gasteiger partial charge in [-0.2, -0.15) is 5.10 Å². The Morgan fingerprint density at radius 1 is 1.09 bits per heavy atom. The first-order valence-electron chi connectivity index (χ1n) is 10.6. The van der Waals surface area contributed by atoms with Gasteiger partial charge in [0.25, 0.3) is 10.0 Å². The molecule has 2 aromatic heterocycles. The maximum absolute atomic E-state index is 13.8. The van der Waals surface area contributed by atoms with Crippen molar-refractivity contribution in [1.82, 2.24) is 14.8 Å². The SMILES string of the molecule is COc1ccc(N(CC(=O)Nc2nc3ccc(OC)cc3s2)S(=O)(=O)c2c(C)nn(C)c2C)cc1. The monoisotopic (exact) mass is 515 g/mol. The third kappa shape index (κ3) is 4.80. The second kappa shape index (κ2) is 9.55. The fraction of sp³-hybridized carbons (Fsp3) is 0.261. The topological polar surface area (TPSA) is 116 Å². The van der Waals surface area contributed by atoms with E-state index in [1.54, 1.807) is 64.4 Å². The van der Waals surface area contributed by atoms with E-state index in [4.69, 9.17) is 9.47 Å². The summed E-state index contributed by atoms with van der Waals surface area (Å²) in [6.45, 7) is 2.85. The minimum Gasteiger partial charge on any atom is -0.497 e. The van der Waals surface area contributed by atoms with E-state index in [-0.39, 0.29) is 4.90 Å². The summed E-state index contributed by atoms with van der Waals surface area (Å²) < 4.78 is 41.4. The predicted octanol–water partition coefficient (Wildman–Crippen LogP) is 3.50. The number of carbonyl (C=O) groups excluding carboxylic acids is 1. The molecule has 0 atom stereocenters. The summed E-state index contributed by atoms with van der Waals surface area (Å²) in [6.07, 6.45) is 0. The maximum atomic E-state index is 13.8. The highest BCUT2D eigenvalue weighted by molar-refractivity contribution is 7.93. The van der Waals surface area contributed by atoms with Crippen LogP contribution in [-0.4, -0.2) is 49.9 Å². The number of thiazole rings is 1. The first kappa shape index (κ1) is 24.5. The van der Waals surface area contributed by atoms with E-state index in [2.05, 4.69) is 15.4 Å². The lowest BCUT2D eigenvalue weighted by Crippen LogP contribution is -2.38. The number of fused-ring (bicyclic) bond motifs is 1. The Labute approximate surface area is 207 Å². The second-order valence-corrected chi connectivity index (χ2v) is 10.6. The van der Waals surface area contributed by atoms with Crippen LogP contribution in [0.15, 0.2) is 47.4 Å². The van der Waals surface area contributed by atoms with Gasteiger partial charge in [-0.25, -0.2) is 13.4 Å². The number of methoxy groups -OCH3 is 2. The Kier molecular flexibility index (Phi) is 6.68. The van der Waals surface area contributed by atoms with Crippen molar-refractivity contribution in [1.29, 1.82) is 0 Å². The predicted molar refractivity (Wildman–Crippen MR) is 135 cm³/mol. The molecule has 0 bridgehead atoms. The highest BCUT2D eigenvalue weighted by Gasteiger charge is 2.32. The van der Waals surface area contributed by atoms with Crippen molar-refractivity contribution in [3.63, 3.8) is 0 Å². The molecule has 1 amide bonds. The number of amides is 1. The van der Waals surface area contributed by atoms with E-state index in [1.165, 1.54) is 23.1 Å². The zero-order chi connectivity index (χ0) is 25.3. The Morgan fingerprint density at radius 3 is 2.34 bits per heavy atom. The minimum atomic E-state index is -4.12. The van der Waals surface area contributed by atoms with Crippen molar-refractivity contribution in [3.8, 4) is 11.5 Å². The number of nitrogens with zero attached hydrogens (tertiary/aromatic N) is 4. The maximum Gasteiger partial charge on any atom is 0.268 e. The summed E-state index contributed by atoms with van der Waals surface area (Å²) in [7, 11) is 0.649. The van der Waals surface area contributed by atoms with Gasteiger partial charge in [-0.1, -0.05) is 11.3 Å². The number of nitrogens with one attached hydrogen (secondary N) is 1. The summed E-state index contributed by atoms with van der Waals surface area (Å²) in [5.41, 5.74) is 1.84. The van der Waals surface area contributed by atoms with Crippen molar-refractivity contribution in [2.75, 3.05) is 30.4 Å². The summed E-state index contributed by atoms with van der Waals surface area (Å²) in [5, 5.41) is 7.32. The molecule has 0 unspecified atom stereocenters. The number of carbonyl (C=O) groups is 1. The lowest BCUT2D eigenvalue weighted by molar-refractivity contribution is -0.114. The van der Waals surface area contributed by atoms with E-state index in [0.29, 0.717) is 39.2 Å². The van der Waals surface area contributed by atoms with Crippen molar-refractivity contribution in [2.45, 2.75) is 18.7 Å². The normalized spacial score (nSPS) is 11.5. The summed E-state index contributed by atoms with van der Waals surface area (Å²) in [6, 6.07) is 11.9. The van der Waals surface area contributed by atoms with Crippen molar-refractivity contribution in [3.05, 3.63) is 53.9 Å². The number of benzene rings is 2. The molecule has 0 saturated carbocycles. The Morgan fingerprint density at radius 2 is 1.74 bits per heavy atom. The Hall–Kier alpha value is -3.64. The van der Waals surface area contributed by atoms with Gasteiger partial charge in [0, 0.05) is 7.05 Å². The Bertz CT molecular complexity index is 1490. The van der Waals surface area contributed by atoms with Crippen LogP contribution in [0.3, 0.4) is 0 Å². The number of aromatic nitrogens is 3. The molecule has 0 aliphatic heterocycles. The molecule has 4 rings (SSSR count). The van der Waals surface area contributed by atoms with Gasteiger partial charge in [0.15, 0.2) is 5.13 Å². The average Bonchev–Trinajstić information content (AvgIpc) is 3.35.